The molecule has 1 atom stereocenters. The Bertz CT molecular complexity index is 1130. The quantitative estimate of drug-likeness (QED) is 0.469. The van der Waals surface area contributed by atoms with Crippen molar-refractivity contribution in [1.29, 1.82) is 0 Å². The van der Waals surface area contributed by atoms with Crippen LogP contribution in [0, 0.1) is 0 Å². The van der Waals surface area contributed by atoms with Crippen molar-refractivity contribution in [2.75, 3.05) is 23.7 Å². The molecule has 0 aromatic heterocycles. The van der Waals surface area contributed by atoms with Gasteiger partial charge in [0, 0.05) is 16.6 Å². The first kappa shape index (κ1) is 28.6. The fourth-order valence-corrected chi connectivity index (χ4v) is 4.67. The van der Waals surface area contributed by atoms with E-state index < -0.39 is 34.1 Å². The van der Waals surface area contributed by atoms with Crippen molar-refractivity contribution in [3.63, 3.8) is 0 Å². The van der Waals surface area contributed by atoms with Crippen molar-refractivity contribution in [2.45, 2.75) is 52.7 Å². The summed E-state index contributed by atoms with van der Waals surface area (Å²) in [5.41, 5.74) is 0.644. The van der Waals surface area contributed by atoms with E-state index in [4.69, 9.17) is 4.74 Å². The van der Waals surface area contributed by atoms with Crippen molar-refractivity contribution < 1.29 is 22.7 Å². The Labute approximate surface area is 216 Å². The lowest BCUT2D eigenvalue weighted by Gasteiger charge is -2.33. The average molecular weight is 569 g/mol. The number of hydrogen-bond acceptors (Lipinski definition) is 5. The minimum atomic E-state index is -3.79. The molecule has 0 radical (unpaired) electrons. The van der Waals surface area contributed by atoms with Crippen molar-refractivity contribution >= 4 is 43.5 Å². The van der Waals surface area contributed by atoms with E-state index in [0.717, 1.165) is 20.6 Å². The van der Waals surface area contributed by atoms with Crippen LogP contribution in [-0.4, -0.2) is 56.1 Å². The lowest BCUT2D eigenvalue weighted by Crippen LogP contribution is -2.54. The molecule has 0 spiro atoms. The second-order valence-corrected chi connectivity index (χ2v) is 12.1. The van der Waals surface area contributed by atoms with Gasteiger partial charge in [-0.2, -0.15) is 0 Å². The minimum Gasteiger partial charge on any atom is -0.494 e. The van der Waals surface area contributed by atoms with Crippen LogP contribution in [0.3, 0.4) is 0 Å². The highest BCUT2D eigenvalue weighted by Crippen LogP contribution is 2.23. The molecule has 8 nitrogen and oxygen atoms in total. The first-order chi connectivity index (χ1) is 16.2. The smallest absolute Gasteiger partial charge is 0.244 e. The van der Waals surface area contributed by atoms with Gasteiger partial charge in [-0.3, -0.25) is 13.9 Å². The number of benzene rings is 2. The predicted octanol–water partition coefficient (Wildman–Crippen LogP) is 3.95. The molecule has 0 saturated heterocycles. The number of rotatable bonds is 10. The van der Waals surface area contributed by atoms with Crippen LogP contribution in [-0.2, 0) is 26.2 Å². The van der Waals surface area contributed by atoms with Gasteiger partial charge >= 0.3 is 0 Å². The summed E-state index contributed by atoms with van der Waals surface area (Å²) < 4.78 is 32.6. The van der Waals surface area contributed by atoms with E-state index in [2.05, 4.69) is 21.2 Å². The number of carbonyl (C=O) groups excluding carboxylic acids is 2. The third-order valence-corrected chi connectivity index (χ3v) is 6.66. The van der Waals surface area contributed by atoms with Crippen LogP contribution in [0.2, 0.25) is 0 Å². The second-order valence-electron chi connectivity index (χ2n) is 9.26. The largest absolute Gasteiger partial charge is 0.494 e. The zero-order valence-electron chi connectivity index (χ0n) is 21.0. The monoisotopic (exact) mass is 567 g/mol. The third-order valence-electron chi connectivity index (χ3n) is 5.02. The van der Waals surface area contributed by atoms with Gasteiger partial charge in [-0.1, -0.05) is 28.1 Å². The lowest BCUT2D eigenvalue weighted by atomic mass is 10.1. The molecule has 0 bridgehead atoms. The first-order valence-electron chi connectivity index (χ1n) is 11.3. The highest BCUT2D eigenvalue weighted by atomic mass is 79.9. The Morgan fingerprint density at radius 2 is 1.74 bits per heavy atom. The Balaban J connectivity index is 2.38. The molecule has 0 aliphatic heterocycles. The molecule has 1 N–H and O–H groups in total. The van der Waals surface area contributed by atoms with Crippen molar-refractivity contribution in [3.05, 3.63) is 58.6 Å². The number of anilines is 1. The van der Waals surface area contributed by atoms with Gasteiger partial charge in [0.15, 0.2) is 0 Å². The second kappa shape index (κ2) is 11.9. The fraction of sp³-hybridized carbons (Fsp3) is 0.440. The zero-order chi connectivity index (χ0) is 26.4. The molecule has 2 aromatic rings. The maximum atomic E-state index is 13.5. The molecule has 2 aromatic carbocycles. The predicted molar refractivity (Wildman–Crippen MR) is 142 cm³/mol. The van der Waals surface area contributed by atoms with Gasteiger partial charge < -0.3 is 15.0 Å². The first-order valence-corrected chi connectivity index (χ1v) is 13.9. The Morgan fingerprint density at radius 3 is 2.26 bits per heavy atom. The minimum absolute atomic E-state index is 0.137. The summed E-state index contributed by atoms with van der Waals surface area (Å²) >= 11 is 3.43. The van der Waals surface area contributed by atoms with Gasteiger partial charge in [0.1, 0.15) is 18.3 Å². The molecule has 1 unspecified atom stereocenters. The van der Waals surface area contributed by atoms with Crippen LogP contribution in [0.1, 0.15) is 40.2 Å². The van der Waals surface area contributed by atoms with E-state index in [1.807, 2.05) is 52.0 Å². The molecule has 2 amide bonds. The molecule has 2 rings (SSSR count). The molecule has 192 valence electrons. The summed E-state index contributed by atoms with van der Waals surface area (Å²) in [4.78, 5) is 27.9. The van der Waals surface area contributed by atoms with Crippen LogP contribution in [0.5, 0.6) is 5.75 Å². The Kier molecular flexibility index (Phi) is 9.74. The Morgan fingerprint density at radius 1 is 1.11 bits per heavy atom. The summed E-state index contributed by atoms with van der Waals surface area (Å²) in [6.07, 6.45) is 1.05. The van der Waals surface area contributed by atoms with Crippen LogP contribution in [0.25, 0.3) is 0 Å². The molecule has 10 heteroatoms. The van der Waals surface area contributed by atoms with Crippen molar-refractivity contribution in [1.82, 2.24) is 10.2 Å². The summed E-state index contributed by atoms with van der Waals surface area (Å²) in [5, 5.41) is 2.90. The number of sulfonamides is 1. The number of nitrogens with zero attached hydrogens (tertiary/aromatic N) is 2. The fourth-order valence-electron chi connectivity index (χ4n) is 3.38. The van der Waals surface area contributed by atoms with Gasteiger partial charge in [-0.05, 0) is 76.6 Å². The standard InChI is InChI=1S/C25H34BrN3O5S/c1-7-34-22-13-11-21(12-14-22)29(35(6,32)33)17-23(30)28(16-19-9-8-10-20(26)15-19)18(2)24(31)27-25(3,4)5/h8-15,18H,7,16-17H2,1-6H3,(H,27,31). The van der Waals surface area contributed by atoms with Gasteiger partial charge in [0.05, 0.1) is 18.6 Å². The molecule has 0 aliphatic carbocycles. The number of amides is 2. The van der Waals surface area contributed by atoms with Gasteiger partial charge in [0.2, 0.25) is 21.8 Å². The topological polar surface area (TPSA) is 96.0 Å². The van der Waals surface area contributed by atoms with Crippen molar-refractivity contribution in [2.24, 2.45) is 0 Å². The van der Waals surface area contributed by atoms with E-state index in [1.165, 1.54) is 4.90 Å². The summed E-state index contributed by atoms with van der Waals surface area (Å²) in [6, 6.07) is 13.1. The number of nitrogens with one attached hydrogen (secondary N) is 1. The van der Waals surface area contributed by atoms with E-state index in [-0.39, 0.29) is 12.5 Å². The molecular formula is C25H34BrN3O5S. The van der Waals surface area contributed by atoms with Crippen LogP contribution in [0.4, 0.5) is 5.69 Å². The summed E-state index contributed by atoms with van der Waals surface area (Å²) in [7, 11) is -3.79. The molecule has 0 aliphatic rings. The van der Waals surface area contributed by atoms with E-state index >= 15 is 0 Å². The van der Waals surface area contributed by atoms with Gasteiger partial charge in [-0.25, -0.2) is 8.42 Å². The molecule has 35 heavy (non-hydrogen) atoms. The molecule has 0 heterocycles. The van der Waals surface area contributed by atoms with Crippen LogP contribution in [0.15, 0.2) is 53.0 Å². The third kappa shape index (κ3) is 8.85. The SMILES string of the molecule is CCOc1ccc(N(CC(=O)N(Cc2cccc(Br)c2)C(C)C(=O)NC(C)(C)C)S(C)(=O)=O)cc1. The molecule has 0 fully saturated rings. The van der Waals surface area contributed by atoms with E-state index in [9.17, 15) is 18.0 Å². The molecular weight excluding hydrogens is 534 g/mol. The summed E-state index contributed by atoms with van der Waals surface area (Å²) in [6.45, 7) is 9.23. The number of carbonyl (C=O) groups is 2. The van der Waals surface area contributed by atoms with Crippen molar-refractivity contribution in [3.8, 4) is 5.75 Å². The van der Waals surface area contributed by atoms with E-state index in [0.29, 0.717) is 18.0 Å². The van der Waals surface area contributed by atoms with Gasteiger partial charge in [0.25, 0.3) is 0 Å². The van der Waals surface area contributed by atoms with Crippen LogP contribution < -0.4 is 14.4 Å². The normalized spacial score (nSPS) is 12.5. The number of hydrogen-bond donors (Lipinski definition) is 1. The highest BCUT2D eigenvalue weighted by molar-refractivity contribution is 9.10. The van der Waals surface area contributed by atoms with Crippen LogP contribution >= 0.6 is 15.9 Å². The molecule has 0 saturated carbocycles. The zero-order valence-corrected chi connectivity index (χ0v) is 23.4. The number of ether oxygens (including phenoxy) is 1. The average Bonchev–Trinajstić information content (AvgIpc) is 2.74. The van der Waals surface area contributed by atoms with E-state index in [1.54, 1.807) is 31.2 Å². The highest BCUT2D eigenvalue weighted by Gasteiger charge is 2.31. The Hall–Kier alpha value is -2.59. The van der Waals surface area contributed by atoms with Gasteiger partial charge in [-0.15, -0.1) is 0 Å². The lowest BCUT2D eigenvalue weighted by molar-refractivity contribution is -0.140. The maximum Gasteiger partial charge on any atom is 0.244 e. The number of halogens is 1. The summed E-state index contributed by atoms with van der Waals surface area (Å²) in [5.74, 6) is -0.228. The maximum absolute atomic E-state index is 13.5.